The first-order chi connectivity index (χ1) is 13.9. The number of aromatic hydroxyl groups is 1. The molecule has 29 heavy (non-hydrogen) atoms. The molecule has 0 unspecified atom stereocenters. The Morgan fingerprint density at radius 2 is 1.83 bits per heavy atom. The number of phenols is 1. The molecule has 1 aliphatic heterocycles. The Balaban J connectivity index is 1.89. The normalized spacial score (nSPS) is 18.7. The quantitative estimate of drug-likeness (QED) is 0.584. The van der Waals surface area contributed by atoms with Crippen LogP contribution in [-0.2, 0) is 17.8 Å². The number of rotatable bonds is 5. The van der Waals surface area contributed by atoms with Crippen LogP contribution in [0.1, 0.15) is 50.5 Å². The summed E-state index contributed by atoms with van der Waals surface area (Å²) in [5.41, 5.74) is 3.38. The van der Waals surface area contributed by atoms with Gasteiger partial charge in [0.25, 0.3) is 0 Å². The molecule has 0 saturated heterocycles. The van der Waals surface area contributed by atoms with Crippen LogP contribution in [0.5, 0.6) is 17.2 Å². The molecule has 0 amide bonds. The van der Waals surface area contributed by atoms with E-state index in [1.165, 1.54) is 0 Å². The first-order valence-corrected chi connectivity index (χ1v) is 10.2. The summed E-state index contributed by atoms with van der Waals surface area (Å²) in [4.78, 5) is 0. The van der Waals surface area contributed by atoms with Crippen molar-refractivity contribution in [3.63, 3.8) is 0 Å². The Bertz CT molecular complexity index is 1010. The molecule has 4 nitrogen and oxygen atoms in total. The van der Waals surface area contributed by atoms with Crippen molar-refractivity contribution in [2.45, 2.75) is 59.0 Å². The van der Waals surface area contributed by atoms with Crippen LogP contribution in [0.2, 0.25) is 0 Å². The van der Waals surface area contributed by atoms with Crippen molar-refractivity contribution in [2.24, 2.45) is 0 Å². The summed E-state index contributed by atoms with van der Waals surface area (Å²) in [5, 5.41) is 12.2. The van der Waals surface area contributed by atoms with Crippen LogP contribution in [0, 0.1) is 0 Å². The molecule has 0 aromatic heterocycles. The zero-order valence-corrected chi connectivity index (χ0v) is 17.4. The van der Waals surface area contributed by atoms with Gasteiger partial charge in [-0.2, -0.15) is 0 Å². The Hall–Kier alpha value is -2.72. The first kappa shape index (κ1) is 19.6. The van der Waals surface area contributed by atoms with Gasteiger partial charge in [-0.15, -0.1) is 0 Å². The Morgan fingerprint density at radius 1 is 1.07 bits per heavy atom. The topological polar surface area (TPSA) is 47.9 Å². The minimum atomic E-state index is -0.0297. The highest BCUT2D eigenvalue weighted by atomic mass is 16.5. The fraction of sp³-hybridized carbons (Fsp3) is 0.360. The van der Waals surface area contributed by atoms with E-state index < -0.39 is 0 Å². The molecule has 1 aliphatic rings. The van der Waals surface area contributed by atoms with Gasteiger partial charge in [0.05, 0.1) is 18.3 Å². The third kappa shape index (κ3) is 4.03. The van der Waals surface area contributed by atoms with E-state index in [1.807, 2.05) is 32.0 Å². The summed E-state index contributed by atoms with van der Waals surface area (Å²) < 4.78 is 18.5. The maximum atomic E-state index is 10.4. The molecular formula is C25H28O4. The van der Waals surface area contributed by atoms with E-state index in [0.29, 0.717) is 12.4 Å². The van der Waals surface area contributed by atoms with Crippen molar-refractivity contribution in [3.8, 4) is 17.2 Å². The van der Waals surface area contributed by atoms with Gasteiger partial charge in [-0.3, -0.25) is 0 Å². The summed E-state index contributed by atoms with van der Waals surface area (Å²) >= 11 is 0. The summed E-state index contributed by atoms with van der Waals surface area (Å²) in [6.07, 6.45) is 0.851. The van der Waals surface area contributed by atoms with Gasteiger partial charge in [-0.05, 0) is 51.0 Å². The molecule has 3 aromatic rings. The lowest BCUT2D eigenvalue weighted by Crippen LogP contribution is -2.23. The van der Waals surface area contributed by atoms with E-state index in [1.54, 1.807) is 12.1 Å². The summed E-state index contributed by atoms with van der Waals surface area (Å²) in [6, 6.07) is 15.7. The summed E-state index contributed by atoms with van der Waals surface area (Å²) in [5.74, 6) is 1.65. The van der Waals surface area contributed by atoms with Crippen molar-refractivity contribution < 1.29 is 19.3 Å². The highest BCUT2D eigenvalue weighted by Crippen LogP contribution is 2.45. The lowest BCUT2D eigenvalue weighted by atomic mass is 9.90. The molecule has 0 fully saturated rings. The minimum absolute atomic E-state index is 0.00147. The maximum Gasteiger partial charge on any atom is 0.131 e. The predicted molar refractivity (Wildman–Crippen MR) is 115 cm³/mol. The van der Waals surface area contributed by atoms with Gasteiger partial charge in [0.1, 0.15) is 23.9 Å². The number of phenolic OH excluding ortho intramolecular Hbond substituents is 1. The average Bonchev–Trinajstić information content (AvgIpc) is 2.66. The lowest BCUT2D eigenvalue weighted by molar-refractivity contribution is -0.00537. The highest BCUT2D eigenvalue weighted by molar-refractivity contribution is 5.96. The molecule has 1 N–H and O–H groups in total. The second kappa shape index (κ2) is 7.96. The molecule has 3 aromatic carbocycles. The number of hydrogen-bond acceptors (Lipinski definition) is 4. The molecule has 0 saturated carbocycles. The van der Waals surface area contributed by atoms with Gasteiger partial charge in [0.2, 0.25) is 0 Å². The maximum absolute atomic E-state index is 10.4. The van der Waals surface area contributed by atoms with Gasteiger partial charge >= 0.3 is 0 Å². The van der Waals surface area contributed by atoms with E-state index >= 15 is 0 Å². The van der Waals surface area contributed by atoms with Crippen molar-refractivity contribution in [2.75, 3.05) is 0 Å². The van der Waals surface area contributed by atoms with E-state index in [9.17, 15) is 5.11 Å². The molecular weight excluding hydrogens is 364 g/mol. The van der Waals surface area contributed by atoms with Crippen LogP contribution in [-0.4, -0.2) is 17.3 Å². The van der Waals surface area contributed by atoms with E-state index in [2.05, 4.69) is 32.0 Å². The van der Waals surface area contributed by atoms with Crippen molar-refractivity contribution in [1.29, 1.82) is 0 Å². The monoisotopic (exact) mass is 392 g/mol. The van der Waals surface area contributed by atoms with Crippen LogP contribution >= 0.6 is 0 Å². The standard InChI is InChI=1S/C25H28O4/c1-15(2)28-24-12-19(26)11-23-21(24)13-20-17(4)29-16(3)10-22(20)25(23)27-14-18-8-6-5-7-9-18/h5-9,11-13,15-17,26H,10,14H2,1-4H3/t16-,17+/m0/s1. The summed E-state index contributed by atoms with van der Waals surface area (Å²) in [6.45, 7) is 8.58. The van der Waals surface area contributed by atoms with Crippen LogP contribution in [0.3, 0.4) is 0 Å². The van der Waals surface area contributed by atoms with Crippen LogP contribution < -0.4 is 9.47 Å². The fourth-order valence-corrected chi connectivity index (χ4v) is 4.06. The van der Waals surface area contributed by atoms with E-state index in [4.69, 9.17) is 14.2 Å². The SMILES string of the molecule is CC(C)Oc1cc(O)cc2c(OCc3ccccc3)c3c(cc12)[C@@H](C)O[C@@H](C)C3. The predicted octanol–water partition coefficient (Wildman–Crippen LogP) is 5.93. The smallest absolute Gasteiger partial charge is 0.131 e. The zero-order valence-electron chi connectivity index (χ0n) is 17.4. The van der Waals surface area contributed by atoms with Gasteiger partial charge in [0, 0.05) is 28.8 Å². The molecule has 0 bridgehead atoms. The number of fused-ring (bicyclic) bond motifs is 2. The molecule has 0 radical (unpaired) electrons. The largest absolute Gasteiger partial charge is 0.508 e. The van der Waals surface area contributed by atoms with E-state index in [-0.39, 0.29) is 24.1 Å². The number of ether oxygens (including phenoxy) is 3. The number of benzene rings is 3. The number of hydrogen-bond donors (Lipinski definition) is 1. The fourth-order valence-electron chi connectivity index (χ4n) is 4.06. The third-order valence-electron chi connectivity index (χ3n) is 5.25. The Kier molecular flexibility index (Phi) is 5.37. The average molecular weight is 392 g/mol. The molecule has 1 heterocycles. The van der Waals surface area contributed by atoms with Crippen LogP contribution in [0.25, 0.3) is 10.8 Å². The Morgan fingerprint density at radius 3 is 2.55 bits per heavy atom. The highest BCUT2D eigenvalue weighted by Gasteiger charge is 2.28. The molecule has 152 valence electrons. The molecule has 2 atom stereocenters. The molecule has 0 aliphatic carbocycles. The second-order valence-corrected chi connectivity index (χ2v) is 8.05. The zero-order chi connectivity index (χ0) is 20.5. The minimum Gasteiger partial charge on any atom is -0.508 e. The second-order valence-electron chi connectivity index (χ2n) is 8.05. The van der Waals surface area contributed by atoms with Gasteiger partial charge in [0.15, 0.2) is 0 Å². The van der Waals surface area contributed by atoms with Crippen LogP contribution in [0.4, 0.5) is 0 Å². The Labute approximate surface area is 172 Å². The molecule has 4 heteroatoms. The van der Waals surface area contributed by atoms with Crippen LogP contribution in [0.15, 0.2) is 48.5 Å². The van der Waals surface area contributed by atoms with Gasteiger partial charge < -0.3 is 19.3 Å². The lowest BCUT2D eigenvalue weighted by Gasteiger charge is -2.31. The molecule has 0 spiro atoms. The summed E-state index contributed by atoms with van der Waals surface area (Å²) in [7, 11) is 0. The third-order valence-corrected chi connectivity index (χ3v) is 5.25. The van der Waals surface area contributed by atoms with Gasteiger partial charge in [-0.1, -0.05) is 30.3 Å². The van der Waals surface area contributed by atoms with E-state index in [0.717, 1.165) is 39.6 Å². The first-order valence-electron chi connectivity index (χ1n) is 10.2. The van der Waals surface area contributed by atoms with Crippen molar-refractivity contribution in [3.05, 3.63) is 65.2 Å². The van der Waals surface area contributed by atoms with Gasteiger partial charge in [-0.25, -0.2) is 0 Å². The van der Waals surface area contributed by atoms with Crippen molar-refractivity contribution >= 4 is 10.8 Å². The molecule has 4 rings (SSSR count). The van der Waals surface area contributed by atoms with Crippen molar-refractivity contribution in [1.82, 2.24) is 0 Å².